The van der Waals surface area contributed by atoms with E-state index in [-0.39, 0.29) is 11.8 Å². The van der Waals surface area contributed by atoms with Gasteiger partial charge in [-0.3, -0.25) is 4.79 Å². The summed E-state index contributed by atoms with van der Waals surface area (Å²) in [7, 11) is 1.35. The molecule has 0 bridgehead atoms. The van der Waals surface area contributed by atoms with Crippen LogP contribution in [0.5, 0.6) is 0 Å². The number of halogens is 1. The van der Waals surface area contributed by atoms with Gasteiger partial charge in [0.05, 0.1) is 13.5 Å². The van der Waals surface area contributed by atoms with Crippen LogP contribution in [0.3, 0.4) is 0 Å². The Balaban J connectivity index is 2.40. The SMILES string of the molecule is COC(=O)CCSCc1c(N)cccc1F. The van der Waals surface area contributed by atoms with Gasteiger partial charge in [-0.2, -0.15) is 11.8 Å². The maximum absolute atomic E-state index is 13.3. The highest BCUT2D eigenvalue weighted by atomic mass is 32.2. The first-order valence-electron chi connectivity index (χ1n) is 4.82. The minimum Gasteiger partial charge on any atom is -0.469 e. The van der Waals surface area contributed by atoms with Crippen LogP contribution in [0.1, 0.15) is 12.0 Å². The lowest BCUT2D eigenvalue weighted by Gasteiger charge is -2.06. The topological polar surface area (TPSA) is 52.3 Å². The number of hydrogen-bond donors (Lipinski definition) is 1. The Labute approximate surface area is 98.2 Å². The molecule has 0 heterocycles. The fourth-order valence-electron chi connectivity index (χ4n) is 1.16. The number of benzene rings is 1. The zero-order chi connectivity index (χ0) is 12.0. The Morgan fingerprint density at radius 3 is 2.94 bits per heavy atom. The van der Waals surface area contributed by atoms with E-state index in [0.29, 0.717) is 29.2 Å². The number of thioether (sulfide) groups is 1. The molecule has 2 N–H and O–H groups in total. The third kappa shape index (κ3) is 3.73. The van der Waals surface area contributed by atoms with Crippen LogP contribution in [0, 0.1) is 5.82 Å². The van der Waals surface area contributed by atoms with E-state index in [9.17, 15) is 9.18 Å². The molecule has 0 saturated carbocycles. The highest BCUT2D eigenvalue weighted by Gasteiger charge is 2.06. The van der Waals surface area contributed by atoms with Gasteiger partial charge in [0.1, 0.15) is 5.82 Å². The molecule has 0 aromatic heterocycles. The molecule has 0 aliphatic heterocycles. The molecule has 88 valence electrons. The van der Waals surface area contributed by atoms with Crippen LogP contribution in [-0.2, 0) is 15.3 Å². The van der Waals surface area contributed by atoms with Gasteiger partial charge in [0.2, 0.25) is 0 Å². The van der Waals surface area contributed by atoms with Crippen LogP contribution in [-0.4, -0.2) is 18.8 Å². The minimum absolute atomic E-state index is 0.256. The van der Waals surface area contributed by atoms with Crippen molar-refractivity contribution in [1.29, 1.82) is 0 Å². The first-order chi connectivity index (χ1) is 7.65. The molecule has 5 heteroatoms. The van der Waals surface area contributed by atoms with Crippen molar-refractivity contribution in [2.24, 2.45) is 0 Å². The summed E-state index contributed by atoms with van der Waals surface area (Å²) in [5, 5.41) is 0. The zero-order valence-corrected chi connectivity index (χ0v) is 9.85. The number of nitrogen functional groups attached to an aromatic ring is 1. The van der Waals surface area contributed by atoms with Crippen LogP contribution in [0.25, 0.3) is 0 Å². The lowest BCUT2D eigenvalue weighted by Crippen LogP contribution is -2.02. The largest absolute Gasteiger partial charge is 0.469 e. The van der Waals surface area contributed by atoms with E-state index in [1.54, 1.807) is 12.1 Å². The number of carbonyl (C=O) groups excluding carboxylic acids is 1. The minimum atomic E-state index is -0.300. The van der Waals surface area contributed by atoms with Crippen molar-refractivity contribution in [2.45, 2.75) is 12.2 Å². The highest BCUT2D eigenvalue weighted by Crippen LogP contribution is 2.21. The third-order valence-electron chi connectivity index (χ3n) is 2.08. The van der Waals surface area contributed by atoms with Gasteiger partial charge in [-0.1, -0.05) is 6.07 Å². The van der Waals surface area contributed by atoms with Gasteiger partial charge in [0.25, 0.3) is 0 Å². The van der Waals surface area contributed by atoms with Gasteiger partial charge in [-0.15, -0.1) is 0 Å². The summed E-state index contributed by atoms with van der Waals surface area (Å²) in [5.41, 5.74) is 6.59. The Bertz CT molecular complexity index is 351. The molecule has 16 heavy (non-hydrogen) atoms. The molecule has 0 unspecified atom stereocenters. The lowest BCUT2D eigenvalue weighted by molar-refractivity contribution is -0.140. The molecule has 0 saturated heterocycles. The summed E-state index contributed by atoms with van der Waals surface area (Å²) in [4.78, 5) is 10.8. The number of anilines is 1. The molecule has 0 aliphatic carbocycles. The maximum Gasteiger partial charge on any atom is 0.306 e. The molecular formula is C11H14FNO2S. The van der Waals surface area contributed by atoms with Gasteiger partial charge >= 0.3 is 5.97 Å². The average molecular weight is 243 g/mol. The van der Waals surface area contributed by atoms with Crippen LogP contribution < -0.4 is 5.73 Å². The van der Waals surface area contributed by atoms with E-state index in [1.807, 2.05) is 0 Å². The van der Waals surface area contributed by atoms with Crippen LogP contribution in [0.2, 0.25) is 0 Å². The zero-order valence-electron chi connectivity index (χ0n) is 9.03. The first kappa shape index (κ1) is 12.8. The number of carbonyl (C=O) groups is 1. The molecule has 3 nitrogen and oxygen atoms in total. The molecule has 1 aromatic rings. The van der Waals surface area contributed by atoms with Crippen LogP contribution >= 0.6 is 11.8 Å². The number of nitrogens with two attached hydrogens (primary N) is 1. The number of rotatable bonds is 5. The van der Waals surface area contributed by atoms with Crippen LogP contribution in [0.4, 0.5) is 10.1 Å². The second kappa shape index (κ2) is 6.37. The fourth-order valence-corrected chi connectivity index (χ4v) is 2.12. The second-order valence-electron chi connectivity index (χ2n) is 3.19. The van der Waals surface area contributed by atoms with Crippen molar-refractivity contribution in [3.8, 4) is 0 Å². The third-order valence-corrected chi connectivity index (χ3v) is 3.07. The summed E-state index contributed by atoms with van der Waals surface area (Å²) in [6, 6.07) is 4.62. The molecule has 1 aromatic carbocycles. The van der Waals surface area contributed by atoms with E-state index in [4.69, 9.17) is 5.73 Å². The lowest BCUT2D eigenvalue weighted by atomic mass is 10.2. The Morgan fingerprint density at radius 1 is 1.56 bits per heavy atom. The second-order valence-corrected chi connectivity index (χ2v) is 4.29. The van der Waals surface area contributed by atoms with Crippen LogP contribution in [0.15, 0.2) is 18.2 Å². The van der Waals surface area contributed by atoms with Crippen molar-refractivity contribution in [2.75, 3.05) is 18.6 Å². The maximum atomic E-state index is 13.3. The smallest absolute Gasteiger partial charge is 0.306 e. The molecule has 0 fully saturated rings. The normalized spacial score (nSPS) is 10.1. The van der Waals surface area contributed by atoms with Gasteiger partial charge in [0.15, 0.2) is 0 Å². The number of ether oxygens (including phenoxy) is 1. The highest BCUT2D eigenvalue weighted by molar-refractivity contribution is 7.98. The van der Waals surface area contributed by atoms with E-state index in [0.717, 1.165) is 0 Å². The van der Waals surface area contributed by atoms with Crippen molar-refractivity contribution >= 4 is 23.4 Å². The van der Waals surface area contributed by atoms with Gasteiger partial charge < -0.3 is 10.5 Å². The van der Waals surface area contributed by atoms with Gasteiger partial charge in [0, 0.05) is 22.8 Å². The number of methoxy groups -OCH3 is 1. The van der Waals surface area contributed by atoms with Crippen molar-refractivity contribution in [3.05, 3.63) is 29.6 Å². The summed E-state index contributed by atoms with van der Waals surface area (Å²) in [6.07, 6.45) is 0.329. The first-order valence-corrected chi connectivity index (χ1v) is 5.98. The van der Waals surface area contributed by atoms with E-state index < -0.39 is 0 Å². The molecule has 0 spiro atoms. The Morgan fingerprint density at radius 2 is 2.31 bits per heavy atom. The Kier molecular flexibility index (Phi) is 5.11. The predicted octanol–water partition coefficient (Wildman–Crippen LogP) is 2.20. The van der Waals surface area contributed by atoms with E-state index >= 15 is 0 Å². The van der Waals surface area contributed by atoms with Crippen molar-refractivity contribution < 1.29 is 13.9 Å². The predicted molar refractivity (Wildman–Crippen MR) is 63.6 cm³/mol. The van der Waals surface area contributed by atoms with Crippen molar-refractivity contribution in [1.82, 2.24) is 0 Å². The summed E-state index contributed by atoms with van der Waals surface area (Å²) in [5.74, 6) is 0.509. The number of hydrogen-bond acceptors (Lipinski definition) is 4. The summed E-state index contributed by atoms with van der Waals surface area (Å²) >= 11 is 1.46. The molecule has 0 aliphatic rings. The van der Waals surface area contributed by atoms with Crippen molar-refractivity contribution in [3.63, 3.8) is 0 Å². The molecule has 0 atom stereocenters. The number of esters is 1. The molecular weight excluding hydrogens is 229 g/mol. The average Bonchev–Trinajstić information content (AvgIpc) is 2.27. The molecule has 0 amide bonds. The quantitative estimate of drug-likeness (QED) is 0.489. The standard InChI is InChI=1S/C11H14FNO2S/c1-15-11(14)5-6-16-7-8-9(12)3-2-4-10(8)13/h2-4H,5-7,13H2,1H3. The van der Waals surface area contributed by atoms with Gasteiger partial charge in [-0.25, -0.2) is 4.39 Å². The van der Waals surface area contributed by atoms with E-state index in [1.165, 1.54) is 24.9 Å². The monoisotopic (exact) mass is 243 g/mol. The summed E-state index contributed by atoms with van der Waals surface area (Å²) < 4.78 is 17.8. The summed E-state index contributed by atoms with van der Waals surface area (Å²) in [6.45, 7) is 0. The molecule has 1 rings (SSSR count). The fraction of sp³-hybridized carbons (Fsp3) is 0.364. The van der Waals surface area contributed by atoms with E-state index in [2.05, 4.69) is 4.74 Å². The van der Waals surface area contributed by atoms with Gasteiger partial charge in [-0.05, 0) is 12.1 Å². The Hall–Kier alpha value is -1.23. The molecule has 0 radical (unpaired) electrons.